The molecule has 0 aliphatic rings. The predicted molar refractivity (Wildman–Crippen MR) is 93.7 cm³/mol. The van der Waals surface area contributed by atoms with E-state index >= 15 is 0 Å². The van der Waals surface area contributed by atoms with E-state index in [4.69, 9.17) is 0 Å². The van der Waals surface area contributed by atoms with Crippen molar-refractivity contribution in [2.75, 3.05) is 5.32 Å². The number of anilines is 2. The highest BCUT2D eigenvalue weighted by Crippen LogP contribution is 2.17. The van der Waals surface area contributed by atoms with Crippen molar-refractivity contribution in [3.63, 3.8) is 0 Å². The summed E-state index contributed by atoms with van der Waals surface area (Å²) in [6, 6.07) is 23.2. The molecule has 3 rings (SSSR count). The Hall–Kier alpha value is -3.14. The number of hydrogen-bond acceptors (Lipinski definition) is 2. The molecule has 0 atom stereocenters. The first kappa shape index (κ1) is 15.7. The van der Waals surface area contributed by atoms with E-state index in [1.807, 2.05) is 42.5 Å². The fourth-order valence-corrected chi connectivity index (χ4v) is 2.36. The van der Waals surface area contributed by atoms with Gasteiger partial charge in [-0.3, -0.25) is 4.79 Å². The standard InChI is InChI=1S/C20H17FN2O/c21-17-8-4-6-15(12-17)14-22-20(24)16-7-5-11-19(13-16)23-18-9-2-1-3-10-18/h1-13,23H,14H2,(H,22,24). The normalized spacial score (nSPS) is 10.2. The molecule has 2 N–H and O–H groups in total. The van der Waals surface area contributed by atoms with Crippen molar-refractivity contribution < 1.29 is 9.18 Å². The molecule has 0 unspecified atom stereocenters. The summed E-state index contributed by atoms with van der Waals surface area (Å²) in [7, 11) is 0. The van der Waals surface area contributed by atoms with Crippen molar-refractivity contribution in [1.82, 2.24) is 5.32 Å². The molecule has 24 heavy (non-hydrogen) atoms. The average molecular weight is 320 g/mol. The van der Waals surface area contributed by atoms with Gasteiger partial charge in [-0.05, 0) is 48.0 Å². The molecule has 3 nitrogen and oxygen atoms in total. The maximum atomic E-state index is 13.2. The quantitative estimate of drug-likeness (QED) is 0.727. The van der Waals surface area contributed by atoms with Crippen molar-refractivity contribution >= 4 is 17.3 Å². The number of carbonyl (C=O) groups excluding carboxylic acids is 1. The van der Waals surface area contributed by atoms with Crippen molar-refractivity contribution in [1.29, 1.82) is 0 Å². The molecule has 0 aromatic heterocycles. The minimum Gasteiger partial charge on any atom is -0.356 e. The summed E-state index contributed by atoms with van der Waals surface area (Å²) in [5.74, 6) is -0.508. The summed E-state index contributed by atoms with van der Waals surface area (Å²) < 4.78 is 13.2. The molecule has 0 aliphatic heterocycles. The number of amides is 1. The zero-order chi connectivity index (χ0) is 16.8. The fraction of sp³-hybridized carbons (Fsp3) is 0.0500. The molecule has 4 heteroatoms. The first-order valence-electron chi connectivity index (χ1n) is 7.65. The van der Waals surface area contributed by atoms with Crippen LogP contribution in [0.3, 0.4) is 0 Å². The lowest BCUT2D eigenvalue weighted by Gasteiger charge is -2.09. The lowest BCUT2D eigenvalue weighted by atomic mass is 10.1. The molecule has 3 aromatic rings. The van der Waals surface area contributed by atoms with Gasteiger partial charge in [0, 0.05) is 23.5 Å². The highest BCUT2D eigenvalue weighted by molar-refractivity contribution is 5.95. The number of para-hydroxylation sites is 1. The molecular formula is C20H17FN2O. The number of halogens is 1. The van der Waals surface area contributed by atoms with Gasteiger partial charge in [-0.2, -0.15) is 0 Å². The highest BCUT2D eigenvalue weighted by atomic mass is 19.1. The van der Waals surface area contributed by atoms with E-state index in [1.165, 1.54) is 12.1 Å². The second-order valence-electron chi connectivity index (χ2n) is 5.38. The lowest BCUT2D eigenvalue weighted by molar-refractivity contribution is 0.0951. The van der Waals surface area contributed by atoms with Crippen molar-refractivity contribution in [3.05, 3.63) is 95.8 Å². The molecule has 0 bridgehead atoms. The number of rotatable bonds is 5. The molecule has 0 saturated carbocycles. The van der Waals surface area contributed by atoms with E-state index in [0.29, 0.717) is 5.56 Å². The molecule has 1 amide bonds. The SMILES string of the molecule is O=C(NCc1cccc(F)c1)c1cccc(Nc2ccccc2)c1. The maximum absolute atomic E-state index is 13.2. The summed E-state index contributed by atoms with van der Waals surface area (Å²) >= 11 is 0. The van der Waals surface area contributed by atoms with Crippen LogP contribution in [-0.2, 0) is 6.54 Å². The van der Waals surface area contributed by atoms with E-state index in [0.717, 1.165) is 16.9 Å². The van der Waals surface area contributed by atoms with E-state index in [1.54, 1.807) is 24.3 Å². The molecule has 0 aliphatic carbocycles. The van der Waals surface area contributed by atoms with Crippen LogP contribution in [0.5, 0.6) is 0 Å². The Kier molecular flexibility index (Phi) is 4.87. The van der Waals surface area contributed by atoms with Crippen LogP contribution in [0.15, 0.2) is 78.9 Å². The third kappa shape index (κ3) is 4.20. The maximum Gasteiger partial charge on any atom is 0.251 e. The van der Waals surface area contributed by atoms with Crippen molar-refractivity contribution in [2.24, 2.45) is 0 Å². The average Bonchev–Trinajstić information content (AvgIpc) is 2.61. The second kappa shape index (κ2) is 7.42. The van der Waals surface area contributed by atoms with Crippen LogP contribution >= 0.6 is 0 Å². The van der Waals surface area contributed by atoms with E-state index in [-0.39, 0.29) is 18.3 Å². The third-order valence-electron chi connectivity index (χ3n) is 3.53. The zero-order valence-corrected chi connectivity index (χ0v) is 13.0. The van der Waals surface area contributed by atoms with Gasteiger partial charge in [0.05, 0.1) is 0 Å². The Labute approximate surface area is 140 Å². The summed E-state index contributed by atoms with van der Waals surface area (Å²) in [5.41, 5.74) is 3.06. The second-order valence-corrected chi connectivity index (χ2v) is 5.38. The topological polar surface area (TPSA) is 41.1 Å². The molecule has 0 spiro atoms. The molecule has 0 fully saturated rings. The molecule has 0 saturated heterocycles. The van der Waals surface area contributed by atoms with Crippen LogP contribution < -0.4 is 10.6 Å². The number of carbonyl (C=O) groups is 1. The van der Waals surface area contributed by atoms with Crippen LogP contribution in [-0.4, -0.2) is 5.91 Å². The minimum absolute atomic E-state index is 0.198. The molecule has 0 heterocycles. The highest BCUT2D eigenvalue weighted by Gasteiger charge is 2.06. The number of nitrogens with one attached hydrogen (secondary N) is 2. The Morgan fingerprint density at radius 1 is 0.833 bits per heavy atom. The molecule has 3 aromatic carbocycles. The Bertz CT molecular complexity index is 834. The van der Waals surface area contributed by atoms with E-state index < -0.39 is 0 Å². The smallest absolute Gasteiger partial charge is 0.251 e. The Morgan fingerprint density at radius 3 is 2.38 bits per heavy atom. The summed E-state index contributed by atoms with van der Waals surface area (Å²) in [6.45, 7) is 0.285. The van der Waals surface area contributed by atoms with Gasteiger partial charge in [-0.15, -0.1) is 0 Å². The number of hydrogen-bond donors (Lipinski definition) is 2. The first-order chi connectivity index (χ1) is 11.7. The monoisotopic (exact) mass is 320 g/mol. The summed E-state index contributed by atoms with van der Waals surface area (Å²) in [5, 5.41) is 6.05. The van der Waals surface area contributed by atoms with Crippen LogP contribution in [0, 0.1) is 5.82 Å². The summed E-state index contributed by atoms with van der Waals surface area (Å²) in [4.78, 5) is 12.3. The lowest BCUT2D eigenvalue weighted by Crippen LogP contribution is -2.22. The molecule has 0 radical (unpaired) electrons. The van der Waals surface area contributed by atoms with E-state index in [2.05, 4.69) is 10.6 Å². The third-order valence-corrected chi connectivity index (χ3v) is 3.53. The van der Waals surface area contributed by atoms with Crippen molar-refractivity contribution in [2.45, 2.75) is 6.54 Å². The van der Waals surface area contributed by atoms with Gasteiger partial charge in [-0.1, -0.05) is 36.4 Å². The predicted octanol–water partition coefficient (Wildman–Crippen LogP) is 4.50. The Morgan fingerprint density at radius 2 is 1.58 bits per heavy atom. The van der Waals surface area contributed by atoms with Gasteiger partial charge < -0.3 is 10.6 Å². The van der Waals surface area contributed by atoms with Crippen LogP contribution in [0.1, 0.15) is 15.9 Å². The van der Waals surface area contributed by atoms with Gasteiger partial charge in [0.25, 0.3) is 5.91 Å². The van der Waals surface area contributed by atoms with Gasteiger partial charge in [0.1, 0.15) is 5.82 Å². The summed E-state index contributed by atoms with van der Waals surface area (Å²) in [6.07, 6.45) is 0. The van der Waals surface area contributed by atoms with Gasteiger partial charge in [-0.25, -0.2) is 4.39 Å². The van der Waals surface area contributed by atoms with Gasteiger partial charge in [0.15, 0.2) is 0 Å². The van der Waals surface area contributed by atoms with Crippen molar-refractivity contribution in [3.8, 4) is 0 Å². The van der Waals surface area contributed by atoms with Gasteiger partial charge >= 0.3 is 0 Å². The molecule has 120 valence electrons. The Balaban J connectivity index is 1.66. The van der Waals surface area contributed by atoms with Gasteiger partial charge in [0.2, 0.25) is 0 Å². The fourth-order valence-electron chi connectivity index (χ4n) is 2.36. The van der Waals surface area contributed by atoms with Crippen LogP contribution in [0.2, 0.25) is 0 Å². The minimum atomic E-state index is -0.309. The number of benzene rings is 3. The first-order valence-corrected chi connectivity index (χ1v) is 7.65. The zero-order valence-electron chi connectivity index (χ0n) is 13.0. The van der Waals surface area contributed by atoms with Crippen LogP contribution in [0.25, 0.3) is 0 Å². The van der Waals surface area contributed by atoms with Crippen LogP contribution in [0.4, 0.5) is 15.8 Å². The molecular weight excluding hydrogens is 303 g/mol. The largest absolute Gasteiger partial charge is 0.356 e. The van der Waals surface area contributed by atoms with E-state index in [9.17, 15) is 9.18 Å².